The van der Waals surface area contributed by atoms with E-state index >= 15 is 0 Å². The van der Waals surface area contributed by atoms with E-state index in [4.69, 9.17) is 26.1 Å². The largest absolute Gasteiger partial charge is 0.487 e. The number of amides is 1. The molecule has 0 radical (unpaired) electrons. The summed E-state index contributed by atoms with van der Waals surface area (Å²) < 4.78 is 43.3. The molecule has 3 aromatic rings. The van der Waals surface area contributed by atoms with Gasteiger partial charge in [0.25, 0.3) is 5.91 Å². The Kier molecular flexibility index (Phi) is 5.78. The lowest BCUT2D eigenvalue weighted by molar-refractivity contribution is -0.133. The van der Waals surface area contributed by atoms with Crippen molar-refractivity contribution in [2.75, 3.05) is 29.9 Å². The van der Waals surface area contributed by atoms with Crippen LogP contribution in [-0.4, -0.2) is 58.1 Å². The number of halogens is 3. The Bertz CT molecular complexity index is 1280. The number of alkyl halides is 3. The lowest BCUT2D eigenvalue weighted by Crippen LogP contribution is -2.57. The van der Waals surface area contributed by atoms with Crippen molar-refractivity contribution in [2.45, 2.75) is 37.3 Å². The van der Waals surface area contributed by atoms with Crippen LogP contribution in [0.25, 0.3) is 11.1 Å². The molecule has 2 aromatic heterocycles. The molecular weight excluding hydrogens is 496 g/mol. The predicted octanol–water partition coefficient (Wildman–Crippen LogP) is 3.87. The smallest absolute Gasteiger partial charge is 0.420 e. The van der Waals surface area contributed by atoms with E-state index in [0.29, 0.717) is 31.0 Å². The third kappa shape index (κ3) is 4.61. The second kappa shape index (κ2) is 8.99. The average molecular weight is 518 g/mol. The first-order valence-electron chi connectivity index (χ1n) is 11.5. The third-order valence-corrected chi connectivity index (χ3v) is 6.54. The Morgan fingerprint density at radius 3 is 2.64 bits per heavy atom. The standard InChI is InChI=1S/C24H22ClF2N5O4/c25-24(26,27)36-16-3-1-15(2-4-16)30-23(33)14-7-19(20-10-29-32-5-6-34-13-21(20)32)22(28-9-14)31-11-17-8-18(12-31)35-17/h1-4,7,9-10,17-18H,5-6,8,11-13H2,(H,30,33). The molecule has 2 bridgehead atoms. The highest BCUT2D eigenvalue weighted by molar-refractivity contribution is 6.20. The molecular formula is C24H22ClF2N5O4. The molecule has 7 rings (SSSR count). The maximum Gasteiger partial charge on any atom is 0.487 e. The van der Waals surface area contributed by atoms with Gasteiger partial charge in [0.15, 0.2) is 0 Å². The molecule has 9 nitrogen and oxygen atoms in total. The zero-order valence-corrected chi connectivity index (χ0v) is 19.8. The Balaban J connectivity index is 1.29. The lowest BCUT2D eigenvalue weighted by atomic mass is 9.97. The van der Waals surface area contributed by atoms with Gasteiger partial charge in [0.1, 0.15) is 11.6 Å². The van der Waals surface area contributed by atoms with E-state index in [0.717, 1.165) is 42.1 Å². The quantitative estimate of drug-likeness (QED) is 0.496. The van der Waals surface area contributed by atoms with Gasteiger partial charge in [-0.05, 0) is 30.3 Å². The first-order chi connectivity index (χ1) is 17.3. The van der Waals surface area contributed by atoms with Crippen LogP contribution in [0.5, 0.6) is 5.75 Å². The number of morpholine rings is 1. The highest BCUT2D eigenvalue weighted by atomic mass is 35.5. The number of piperidine rings is 1. The van der Waals surface area contributed by atoms with Crippen molar-refractivity contribution in [1.29, 1.82) is 0 Å². The fourth-order valence-electron chi connectivity index (χ4n) is 4.80. The molecule has 4 aliphatic heterocycles. The van der Waals surface area contributed by atoms with Crippen LogP contribution in [0.4, 0.5) is 20.3 Å². The number of fused-ring (bicyclic) bond motifs is 3. The van der Waals surface area contributed by atoms with Gasteiger partial charge in [-0.1, -0.05) is 0 Å². The van der Waals surface area contributed by atoms with Gasteiger partial charge >= 0.3 is 5.57 Å². The minimum absolute atomic E-state index is 0.127. The second-order valence-corrected chi connectivity index (χ2v) is 9.36. The Labute approximate surface area is 209 Å². The monoisotopic (exact) mass is 517 g/mol. The number of rotatable bonds is 6. The van der Waals surface area contributed by atoms with Crippen molar-refractivity contribution < 1.29 is 27.8 Å². The number of nitrogens with one attached hydrogen (secondary N) is 1. The number of nitrogens with zero attached hydrogens (tertiary/aromatic N) is 4. The highest BCUT2D eigenvalue weighted by Gasteiger charge is 2.39. The molecule has 1 aromatic carbocycles. The Morgan fingerprint density at radius 2 is 1.92 bits per heavy atom. The maximum atomic E-state index is 13.1. The summed E-state index contributed by atoms with van der Waals surface area (Å²) in [5.41, 5.74) is -0.462. The van der Waals surface area contributed by atoms with Crippen LogP contribution in [-0.2, 0) is 22.6 Å². The summed E-state index contributed by atoms with van der Waals surface area (Å²) in [6, 6.07) is 7.29. The molecule has 4 aliphatic rings. The average Bonchev–Trinajstić information content (AvgIpc) is 3.28. The molecule has 6 heterocycles. The molecule has 188 valence electrons. The highest BCUT2D eigenvalue weighted by Crippen LogP contribution is 2.38. The van der Waals surface area contributed by atoms with E-state index in [-0.39, 0.29) is 18.0 Å². The fourth-order valence-corrected chi connectivity index (χ4v) is 4.89. The number of carbonyl (C=O) groups excluding carboxylic acids is 1. The number of hydrogen-bond donors (Lipinski definition) is 1. The van der Waals surface area contributed by atoms with Crippen molar-refractivity contribution in [2.24, 2.45) is 0 Å². The van der Waals surface area contributed by atoms with Crippen molar-refractivity contribution in [3.8, 4) is 16.9 Å². The molecule has 2 unspecified atom stereocenters. The van der Waals surface area contributed by atoms with E-state index in [1.54, 1.807) is 12.3 Å². The number of carbonyl (C=O) groups is 1. The van der Waals surface area contributed by atoms with Crippen LogP contribution in [0, 0.1) is 0 Å². The second-order valence-electron chi connectivity index (χ2n) is 8.92. The van der Waals surface area contributed by atoms with Crippen LogP contribution in [0.2, 0.25) is 0 Å². The van der Waals surface area contributed by atoms with Crippen LogP contribution in [0.15, 0.2) is 42.7 Å². The summed E-state index contributed by atoms with van der Waals surface area (Å²) in [5, 5.41) is 7.27. The number of anilines is 2. The van der Waals surface area contributed by atoms with E-state index in [2.05, 4.69) is 20.1 Å². The summed E-state index contributed by atoms with van der Waals surface area (Å²) in [6.45, 7) is 3.15. The van der Waals surface area contributed by atoms with E-state index in [1.807, 2.05) is 4.68 Å². The zero-order chi connectivity index (χ0) is 24.9. The van der Waals surface area contributed by atoms with Crippen LogP contribution < -0.4 is 15.0 Å². The van der Waals surface area contributed by atoms with E-state index in [1.165, 1.54) is 30.5 Å². The summed E-state index contributed by atoms with van der Waals surface area (Å²) in [6.07, 6.45) is 4.76. The van der Waals surface area contributed by atoms with Gasteiger partial charge in [0, 0.05) is 54.1 Å². The summed E-state index contributed by atoms with van der Waals surface area (Å²) >= 11 is 4.80. The SMILES string of the molecule is O=C(Nc1ccc(OC(F)(F)Cl)cc1)c1cnc(N2CC3CC(C2)O3)c(-c2cnn3c2COCC3)c1. The lowest BCUT2D eigenvalue weighted by Gasteiger charge is -2.47. The van der Waals surface area contributed by atoms with E-state index < -0.39 is 11.5 Å². The van der Waals surface area contributed by atoms with Crippen molar-refractivity contribution in [1.82, 2.24) is 14.8 Å². The van der Waals surface area contributed by atoms with Crippen molar-refractivity contribution in [3.63, 3.8) is 0 Å². The predicted molar refractivity (Wildman–Crippen MR) is 126 cm³/mol. The van der Waals surface area contributed by atoms with Gasteiger partial charge < -0.3 is 24.4 Å². The summed E-state index contributed by atoms with van der Waals surface area (Å²) in [5.74, 6) is 0.251. The summed E-state index contributed by atoms with van der Waals surface area (Å²) in [7, 11) is 0. The van der Waals surface area contributed by atoms with Gasteiger partial charge in [-0.3, -0.25) is 9.48 Å². The first kappa shape index (κ1) is 23.1. The van der Waals surface area contributed by atoms with E-state index in [9.17, 15) is 13.6 Å². The van der Waals surface area contributed by atoms with Gasteiger partial charge in [0.05, 0.1) is 49.4 Å². The Morgan fingerprint density at radius 1 is 1.17 bits per heavy atom. The zero-order valence-electron chi connectivity index (χ0n) is 19.0. The topological polar surface area (TPSA) is 90.7 Å². The molecule has 3 fully saturated rings. The minimum atomic E-state index is -3.81. The molecule has 3 saturated heterocycles. The number of pyridine rings is 1. The maximum absolute atomic E-state index is 13.1. The number of ether oxygens (including phenoxy) is 3. The molecule has 0 saturated carbocycles. The normalized spacial score (nSPS) is 20.9. The molecule has 2 atom stereocenters. The molecule has 1 N–H and O–H groups in total. The van der Waals surface area contributed by atoms with Crippen LogP contribution in [0.3, 0.4) is 0 Å². The molecule has 12 heteroatoms. The number of benzene rings is 1. The fraction of sp³-hybridized carbons (Fsp3) is 0.375. The number of hydrogen-bond acceptors (Lipinski definition) is 7. The first-order valence-corrected chi connectivity index (χ1v) is 11.9. The van der Waals surface area contributed by atoms with Gasteiger partial charge in [-0.2, -0.15) is 5.10 Å². The third-order valence-electron chi connectivity index (χ3n) is 6.46. The van der Waals surface area contributed by atoms with Crippen LogP contribution in [0.1, 0.15) is 22.5 Å². The minimum Gasteiger partial charge on any atom is -0.420 e. The van der Waals surface area contributed by atoms with Crippen LogP contribution >= 0.6 is 11.6 Å². The van der Waals surface area contributed by atoms with Crippen molar-refractivity contribution in [3.05, 3.63) is 54.0 Å². The summed E-state index contributed by atoms with van der Waals surface area (Å²) in [4.78, 5) is 20.0. The van der Waals surface area contributed by atoms with Gasteiger partial charge in [-0.15, -0.1) is 8.78 Å². The Hall–Kier alpha value is -3.28. The number of aromatic nitrogens is 3. The van der Waals surface area contributed by atoms with Crippen molar-refractivity contribution >= 4 is 29.0 Å². The molecule has 0 aliphatic carbocycles. The molecule has 1 amide bonds. The molecule has 36 heavy (non-hydrogen) atoms. The van der Waals surface area contributed by atoms with Gasteiger partial charge in [-0.25, -0.2) is 4.98 Å². The molecule has 0 spiro atoms. The van der Waals surface area contributed by atoms with Gasteiger partial charge in [0.2, 0.25) is 0 Å².